The van der Waals surface area contributed by atoms with Crippen LogP contribution in [0.2, 0.25) is 0 Å². The van der Waals surface area contributed by atoms with E-state index >= 15 is 0 Å². The Hall–Kier alpha value is -1.88. The van der Waals surface area contributed by atoms with Gasteiger partial charge in [-0.15, -0.1) is 0 Å². The summed E-state index contributed by atoms with van der Waals surface area (Å²) in [4.78, 5) is 23.2. The number of carbonyl (C=O) groups excluding carboxylic acids is 2. The molecule has 1 aromatic carbocycles. The number of nitrogens with two attached hydrogens (primary N) is 2. The van der Waals surface area contributed by atoms with Crippen molar-refractivity contribution in [1.82, 2.24) is 0 Å². The minimum atomic E-state index is -1.78. The number of benzene rings is 1. The Kier molecular flexibility index (Phi) is 4.44. The second kappa shape index (κ2) is 5.64. The number of primary amides is 1. The van der Waals surface area contributed by atoms with E-state index in [2.05, 4.69) is 0 Å². The van der Waals surface area contributed by atoms with Gasteiger partial charge in [-0.1, -0.05) is 44.2 Å². The van der Waals surface area contributed by atoms with Gasteiger partial charge in [0.1, 0.15) is 6.61 Å². The van der Waals surface area contributed by atoms with Crippen molar-refractivity contribution >= 4 is 11.9 Å². The van der Waals surface area contributed by atoms with Gasteiger partial charge >= 0.3 is 5.97 Å². The standard InChI is InChI=1S/C13H18N2O3/c1-9(2)13(15,11(14)16)12(17)18-8-10-6-4-3-5-7-10/h3-7,9H,8,15H2,1-2H3,(H2,14,16)/t13-/m0/s1. The lowest BCUT2D eigenvalue weighted by atomic mass is 9.87. The predicted octanol–water partition coefficient (Wildman–Crippen LogP) is 0.569. The van der Waals surface area contributed by atoms with Gasteiger partial charge in [0.05, 0.1) is 0 Å². The smallest absolute Gasteiger partial charge is 0.336 e. The molecule has 0 radical (unpaired) electrons. The average molecular weight is 250 g/mol. The molecule has 0 bridgehead atoms. The summed E-state index contributed by atoms with van der Waals surface area (Å²) in [5.41, 5.74) is 9.96. The number of amides is 1. The average Bonchev–Trinajstić information content (AvgIpc) is 2.35. The zero-order chi connectivity index (χ0) is 13.8. The molecule has 0 aliphatic rings. The van der Waals surface area contributed by atoms with Crippen molar-refractivity contribution in [3.05, 3.63) is 35.9 Å². The van der Waals surface area contributed by atoms with Crippen LogP contribution in [-0.2, 0) is 20.9 Å². The lowest BCUT2D eigenvalue weighted by molar-refractivity contribution is -0.157. The van der Waals surface area contributed by atoms with E-state index in [0.29, 0.717) is 0 Å². The Bertz CT molecular complexity index is 431. The molecule has 98 valence electrons. The van der Waals surface area contributed by atoms with Crippen LogP contribution in [0.1, 0.15) is 19.4 Å². The molecular weight excluding hydrogens is 232 g/mol. The molecule has 1 aromatic rings. The van der Waals surface area contributed by atoms with Gasteiger partial charge in [-0.3, -0.25) is 4.79 Å². The highest BCUT2D eigenvalue weighted by Crippen LogP contribution is 2.16. The quantitative estimate of drug-likeness (QED) is 0.590. The molecule has 0 fully saturated rings. The van der Waals surface area contributed by atoms with Crippen molar-refractivity contribution in [2.45, 2.75) is 26.0 Å². The maximum atomic E-state index is 11.9. The number of esters is 1. The molecule has 0 spiro atoms. The first-order valence-electron chi connectivity index (χ1n) is 5.69. The van der Waals surface area contributed by atoms with E-state index in [1.54, 1.807) is 13.8 Å². The molecule has 1 amide bonds. The first-order valence-corrected chi connectivity index (χ1v) is 5.69. The van der Waals surface area contributed by atoms with E-state index in [-0.39, 0.29) is 6.61 Å². The number of ether oxygens (including phenoxy) is 1. The second-order valence-corrected chi connectivity index (χ2v) is 4.45. The third-order valence-electron chi connectivity index (χ3n) is 2.87. The van der Waals surface area contributed by atoms with E-state index in [9.17, 15) is 9.59 Å². The SMILES string of the molecule is CC(C)[C@](N)(C(N)=O)C(=O)OCc1ccccc1. The highest BCUT2D eigenvalue weighted by molar-refractivity contribution is 6.06. The van der Waals surface area contributed by atoms with E-state index < -0.39 is 23.3 Å². The molecule has 1 atom stereocenters. The Morgan fingerprint density at radius 3 is 2.28 bits per heavy atom. The maximum Gasteiger partial charge on any atom is 0.336 e. The van der Waals surface area contributed by atoms with Gasteiger partial charge in [0.25, 0.3) is 0 Å². The summed E-state index contributed by atoms with van der Waals surface area (Å²) < 4.78 is 5.05. The molecule has 0 heterocycles. The topological polar surface area (TPSA) is 95.4 Å². The van der Waals surface area contributed by atoms with E-state index in [4.69, 9.17) is 16.2 Å². The van der Waals surface area contributed by atoms with Gasteiger partial charge in [-0.05, 0) is 11.5 Å². The highest BCUT2D eigenvalue weighted by atomic mass is 16.5. The fraction of sp³-hybridized carbons (Fsp3) is 0.385. The lowest BCUT2D eigenvalue weighted by Crippen LogP contribution is -2.62. The zero-order valence-electron chi connectivity index (χ0n) is 10.6. The van der Waals surface area contributed by atoms with Crippen molar-refractivity contribution in [2.24, 2.45) is 17.4 Å². The number of hydrogen-bond acceptors (Lipinski definition) is 4. The largest absolute Gasteiger partial charge is 0.459 e. The summed E-state index contributed by atoms with van der Waals surface area (Å²) in [5.74, 6) is -2.11. The number of rotatable bonds is 5. The third-order valence-corrected chi connectivity index (χ3v) is 2.87. The Labute approximate surface area is 106 Å². The first kappa shape index (κ1) is 14.2. The van der Waals surface area contributed by atoms with Crippen LogP contribution in [0.15, 0.2) is 30.3 Å². The molecule has 4 N–H and O–H groups in total. The van der Waals surface area contributed by atoms with Crippen molar-refractivity contribution in [2.75, 3.05) is 0 Å². The van der Waals surface area contributed by atoms with E-state index in [1.165, 1.54) is 0 Å². The van der Waals surface area contributed by atoms with Gasteiger partial charge in [-0.25, -0.2) is 4.79 Å². The third kappa shape index (κ3) is 2.87. The zero-order valence-corrected chi connectivity index (χ0v) is 10.6. The highest BCUT2D eigenvalue weighted by Gasteiger charge is 2.45. The molecule has 0 saturated carbocycles. The van der Waals surface area contributed by atoms with Crippen molar-refractivity contribution in [3.8, 4) is 0 Å². The van der Waals surface area contributed by atoms with Crippen LogP contribution < -0.4 is 11.5 Å². The fourth-order valence-corrected chi connectivity index (χ4v) is 1.46. The Balaban J connectivity index is 2.73. The second-order valence-electron chi connectivity index (χ2n) is 4.45. The monoisotopic (exact) mass is 250 g/mol. The molecule has 0 saturated heterocycles. The van der Waals surface area contributed by atoms with Crippen molar-refractivity contribution in [1.29, 1.82) is 0 Å². The Morgan fingerprint density at radius 1 is 1.28 bits per heavy atom. The summed E-state index contributed by atoms with van der Waals surface area (Å²) in [7, 11) is 0. The van der Waals surface area contributed by atoms with Crippen LogP contribution in [0.3, 0.4) is 0 Å². The molecule has 5 nitrogen and oxygen atoms in total. The minimum absolute atomic E-state index is 0.0681. The molecule has 1 rings (SSSR count). The molecule has 18 heavy (non-hydrogen) atoms. The Morgan fingerprint density at radius 2 is 1.83 bits per heavy atom. The van der Waals surface area contributed by atoms with Gasteiger partial charge in [0.15, 0.2) is 5.54 Å². The first-order chi connectivity index (χ1) is 8.39. The molecular formula is C13H18N2O3. The van der Waals surface area contributed by atoms with Gasteiger partial charge < -0.3 is 16.2 Å². The molecule has 0 aromatic heterocycles. The fourth-order valence-electron chi connectivity index (χ4n) is 1.46. The normalized spacial score (nSPS) is 14.0. The van der Waals surface area contributed by atoms with Crippen LogP contribution in [0.4, 0.5) is 0 Å². The number of carbonyl (C=O) groups is 2. The van der Waals surface area contributed by atoms with Crippen LogP contribution in [0, 0.1) is 5.92 Å². The molecule has 0 unspecified atom stereocenters. The summed E-state index contributed by atoms with van der Waals surface area (Å²) >= 11 is 0. The summed E-state index contributed by atoms with van der Waals surface area (Å²) in [5, 5.41) is 0. The molecule has 0 aliphatic carbocycles. The van der Waals surface area contributed by atoms with Crippen LogP contribution >= 0.6 is 0 Å². The van der Waals surface area contributed by atoms with E-state index in [1.807, 2.05) is 30.3 Å². The summed E-state index contributed by atoms with van der Waals surface area (Å²) in [6.45, 7) is 3.36. The molecule has 5 heteroatoms. The number of hydrogen-bond donors (Lipinski definition) is 2. The maximum absolute atomic E-state index is 11.9. The molecule has 0 aliphatic heterocycles. The van der Waals surface area contributed by atoms with Crippen LogP contribution in [0.5, 0.6) is 0 Å². The van der Waals surface area contributed by atoms with Crippen molar-refractivity contribution < 1.29 is 14.3 Å². The van der Waals surface area contributed by atoms with Crippen molar-refractivity contribution in [3.63, 3.8) is 0 Å². The van der Waals surface area contributed by atoms with Crippen LogP contribution in [-0.4, -0.2) is 17.4 Å². The van der Waals surface area contributed by atoms with Gasteiger partial charge in [0, 0.05) is 0 Å². The van der Waals surface area contributed by atoms with E-state index in [0.717, 1.165) is 5.56 Å². The van der Waals surface area contributed by atoms with Crippen LogP contribution in [0.25, 0.3) is 0 Å². The lowest BCUT2D eigenvalue weighted by Gasteiger charge is -2.27. The van der Waals surface area contributed by atoms with Gasteiger partial charge in [-0.2, -0.15) is 0 Å². The predicted molar refractivity (Wildman–Crippen MR) is 67.2 cm³/mol. The van der Waals surface area contributed by atoms with Gasteiger partial charge in [0.2, 0.25) is 5.91 Å². The minimum Gasteiger partial charge on any atom is -0.459 e. The summed E-state index contributed by atoms with van der Waals surface area (Å²) in [6, 6.07) is 9.14. The summed E-state index contributed by atoms with van der Waals surface area (Å²) in [6.07, 6.45) is 0.